The standard InChI is InChI=1S/C15H21N5S2/c1-12(13-2-8-21-11-13)10-18-14(16)19-4-6-20(7-5-19)15-17-3-9-22-15/h2-3,8-9,11-12H,4-7,10H2,1H3,(H2,16,18). The van der Waals surface area contributed by atoms with E-state index in [1.807, 2.05) is 11.6 Å². The van der Waals surface area contributed by atoms with Crippen LogP contribution in [0.3, 0.4) is 0 Å². The maximum absolute atomic E-state index is 6.16. The average molecular weight is 336 g/mol. The number of nitrogens with two attached hydrogens (primary N) is 1. The summed E-state index contributed by atoms with van der Waals surface area (Å²) < 4.78 is 0. The summed E-state index contributed by atoms with van der Waals surface area (Å²) in [7, 11) is 0. The Hall–Kier alpha value is -1.60. The second-order valence-electron chi connectivity index (χ2n) is 5.45. The van der Waals surface area contributed by atoms with Gasteiger partial charge in [-0.1, -0.05) is 6.92 Å². The molecule has 2 N–H and O–H groups in total. The molecule has 1 fully saturated rings. The number of piperazine rings is 1. The van der Waals surface area contributed by atoms with E-state index in [0.29, 0.717) is 11.9 Å². The van der Waals surface area contributed by atoms with Gasteiger partial charge in [0, 0.05) is 50.2 Å². The van der Waals surface area contributed by atoms with Gasteiger partial charge in [-0.05, 0) is 22.4 Å². The number of aliphatic imine (C=N–C) groups is 1. The summed E-state index contributed by atoms with van der Waals surface area (Å²) in [6.07, 6.45) is 1.86. The molecule has 0 saturated carbocycles. The predicted octanol–water partition coefficient (Wildman–Crippen LogP) is 2.45. The lowest BCUT2D eigenvalue weighted by Gasteiger charge is -2.35. The Balaban J connectivity index is 1.51. The Labute approximate surface area is 139 Å². The van der Waals surface area contributed by atoms with E-state index < -0.39 is 0 Å². The number of anilines is 1. The fourth-order valence-electron chi connectivity index (χ4n) is 2.49. The van der Waals surface area contributed by atoms with Crippen LogP contribution in [-0.4, -0.2) is 48.6 Å². The van der Waals surface area contributed by atoms with Crippen molar-refractivity contribution in [2.24, 2.45) is 10.7 Å². The summed E-state index contributed by atoms with van der Waals surface area (Å²) in [5, 5.41) is 7.41. The topological polar surface area (TPSA) is 57.8 Å². The summed E-state index contributed by atoms with van der Waals surface area (Å²) in [6.45, 7) is 6.64. The largest absolute Gasteiger partial charge is 0.370 e. The molecule has 0 spiro atoms. The van der Waals surface area contributed by atoms with E-state index in [1.165, 1.54) is 5.56 Å². The molecule has 5 nitrogen and oxygen atoms in total. The minimum Gasteiger partial charge on any atom is -0.370 e. The molecule has 1 aliphatic rings. The van der Waals surface area contributed by atoms with E-state index in [-0.39, 0.29) is 0 Å². The number of thiazole rings is 1. The number of guanidine groups is 1. The van der Waals surface area contributed by atoms with Crippen molar-refractivity contribution in [3.63, 3.8) is 0 Å². The normalized spacial score (nSPS) is 17.8. The Morgan fingerprint density at radius 1 is 1.36 bits per heavy atom. The smallest absolute Gasteiger partial charge is 0.191 e. The molecule has 1 unspecified atom stereocenters. The lowest BCUT2D eigenvalue weighted by molar-refractivity contribution is 0.380. The first-order chi connectivity index (χ1) is 10.7. The molecular weight excluding hydrogens is 314 g/mol. The molecule has 0 amide bonds. The minimum absolute atomic E-state index is 0.418. The van der Waals surface area contributed by atoms with Gasteiger partial charge in [0.1, 0.15) is 0 Å². The van der Waals surface area contributed by atoms with Crippen LogP contribution in [0.2, 0.25) is 0 Å². The Bertz CT molecular complexity index is 585. The van der Waals surface area contributed by atoms with Crippen LogP contribution in [0.1, 0.15) is 18.4 Å². The van der Waals surface area contributed by atoms with Gasteiger partial charge in [0.2, 0.25) is 0 Å². The van der Waals surface area contributed by atoms with Crippen molar-refractivity contribution in [3.8, 4) is 0 Å². The van der Waals surface area contributed by atoms with Crippen molar-refractivity contribution < 1.29 is 0 Å². The van der Waals surface area contributed by atoms with Crippen LogP contribution in [-0.2, 0) is 0 Å². The van der Waals surface area contributed by atoms with Gasteiger partial charge in [-0.25, -0.2) is 4.98 Å². The molecule has 0 aliphatic carbocycles. The van der Waals surface area contributed by atoms with Crippen molar-refractivity contribution in [3.05, 3.63) is 34.0 Å². The molecule has 2 aromatic rings. The molecular formula is C15H21N5S2. The number of aromatic nitrogens is 1. The van der Waals surface area contributed by atoms with Crippen LogP contribution >= 0.6 is 22.7 Å². The van der Waals surface area contributed by atoms with Crippen molar-refractivity contribution in [1.29, 1.82) is 0 Å². The predicted molar refractivity (Wildman–Crippen MR) is 95.1 cm³/mol. The third kappa shape index (κ3) is 3.59. The summed E-state index contributed by atoms with van der Waals surface area (Å²) in [6, 6.07) is 2.16. The van der Waals surface area contributed by atoms with Gasteiger partial charge in [0.05, 0.1) is 0 Å². The zero-order chi connectivity index (χ0) is 15.4. The van der Waals surface area contributed by atoms with Crippen LogP contribution in [0.5, 0.6) is 0 Å². The van der Waals surface area contributed by atoms with Gasteiger partial charge in [-0.15, -0.1) is 11.3 Å². The first-order valence-corrected chi connectivity index (χ1v) is 9.27. The van der Waals surface area contributed by atoms with Crippen molar-refractivity contribution >= 4 is 33.8 Å². The number of hydrogen-bond acceptors (Lipinski definition) is 5. The second kappa shape index (κ2) is 7.11. The minimum atomic E-state index is 0.418. The summed E-state index contributed by atoms with van der Waals surface area (Å²) >= 11 is 3.42. The van der Waals surface area contributed by atoms with Crippen molar-refractivity contribution in [2.75, 3.05) is 37.6 Å². The molecule has 3 rings (SSSR count). The molecule has 0 bridgehead atoms. The van der Waals surface area contributed by atoms with Crippen LogP contribution in [0.4, 0.5) is 5.13 Å². The van der Waals surface area contributed by atoms with Gasteiger partial charge < -0.3 is 15.5 Å². The van der Waals surface area contributed by atoms with E-state index >= 15 is 0 Å². The van der Waals surface area contributed by atoms with Gasteiger partial charge in [-0.3, -0.25) is 4.99 Å². The molecule has 0 radical (unpaired) electrons. The highest BCUT2D eigenvalue weighted by molar-refractivity contribution is 7.13. The molecule has 1 atom stereocenters. The maximum atomic E-state index is 6.16. The van der Waals surface area contributed by atoms with Crippen molar-refractivity contribution in [1.82, 2.24) is 9.88 Å². The van der Waals surface area contributed by atoms with Crippen LogP contribution in [0, 0.1) is 0 Å². The summed E-state index contributed by atoms with van der Waals surface area (Å²) in [5.74, 6) is 1.09. The molecule has 3 heterocycles. The summed E-state index contributed by atoms with van der Waals surface area (Å²) in [5.41, 5.74) is 7.50. The Morgan fingerprint density at radius 2 is 2.18 bits per heavy atom. The van der Waals surface area contributed by atoms with Gasteiger partial charge in [0.15, 0.2) is 11.1 Å². The maximum Gasteiger partial charge on any atom is 0.191 e. The fourth-order valence-corrected chi connectivity index (χ4v) is 3.97. The quantitative estimate of drug-likeness (QED) is 0.689. The lowest BCUT2D eigenvalue weighted by Crippen LogP contribution is -2.51. The molecule has 0 aromatic carbocycles. The zero-order valence-electron chi connectivity index (χ0n) is 12.7. The zero-order valence-corrected chi connectivity index (χ0v) is 14.3. The van der Waals surface area contributed by atoms with E-state index in [0.717, 1.165) is 37.9 Å². The second-order valence-corrected chi connectivity index (χ2v) is 7.10. The number of rotatable bonds is 4. The summed E-state index contributed by atoms with van der Waals surface area (Å²) in [4.78, 5) is 13.4. The van der Waals surface area contributed by atoms with E-state index in [2.05, 4.69) is 43.5 Å². The van der Waals surface area contributed by atoms with Crippen LogP contribution in [0.15, 0.2) is 33.4 Å². The van der Waals surface area contributed by atoms with E-state index in [1.54, 1.807) is 22.7 Å². The number of nitrogens with zero attached hydrogens (tertiary/aromatic N) is 4. The lowest BCUT2D eigenvalue weighted by atomic mass is 10.1. The molecule has 118 valence electrons. The highest BCUT2D eigenvalue weighted by atomic mass is 32.1. The van der Waals surface area contributed by atoms with Crippen LogP contribution in [0.25, 0.3) is 0 Å². The third-order valence-corrected chi connectivity index (χ3v) is 5.47. The van der Waals surface area contributed by atoms with E-state index in [9.17, 15) is 0 Å². The molecule has 1 saturated heterocycles. The molecule has 22 heavy (non-hydrogen) atoms. The van der Waals surface area contributed by atoms with Crippen molar-refractivity contribution in [2.45, 2.75) is 12.8 Å². The fraction of sp³-hybridized carbons (Fsp3) is 0.467. The Morgan fingerprint density at radius 3 is 2.82 bits per heavy atom. The third-order valence-electron chi connectivity index (χ3n) is 3.93. The van der Waals surface area contributed by atoms with Crippen LogP contribution < -0.4 is 10.6 Å². The monoisotopic (exact) mass is 335 g/mol. The SMILES string of the molecule is CC(CN=C(N)N1CCN(c2nccs2)CC1)c1ccsc1. The first kappa shape index (κ1) is 15.3. The highest BCUT2D eigenvalue weighted by Gasteiger charge is 2.19. The molecule has 1 aliphatic heterocycles. The number of hydrogen-bond donors (Lipinski definition) is 1. The number of thiophene rings is 1. The van der Waals surface area contributed by atoms with Gasteiger partial charge in [0.25, 0.3) is 0 Å². The average Bonchev–Trinajstić information content (AvgIpc) is 3.25. The van der Waals surface area contributed by atoms with E-state index in [4.69, 9.17) is 5.73 Å². The Kier molecular flexibility index (Phi) is 4.94. The van der Waals surface area contributed by atoms with Gasteiger partial charge in [-0.2, -0.15) is 11.3 Å². The van der Waals surface area contributed by atoms with Gasteiger partial charge >= 0.3 is 0 Å². The first-order valence-electron chi connectivity index (χ1n) is 7.45. The highest BCUT2D eigenvalue weighted by Crippen LogP contribution is 2.20. The molecule has 2 aromatic heterocycles. The molecule has 7 heteroatoms.